The number of rotatable bonds is 9. The molecule has 0 saturated carbocycles. The van der Waals surface area contributed by atoms with Crippen LogP contribution in [0.3, 0.4) is 0 Å². The first-order valence-electron chi connectivity index (χ1n) is 6.56. The molecule has 0 aliphatic heterocycles. The quantitative estimate of drug-likeness (QED) is 0.663. The molecule has 0 spiro atoms. The average molecular weight is 273 g/mol. The molecular weight excluding hydrogens is 250 g/mol. The lowest BCUT2D eigenvalue weighted by atomic mass is 10.0. The van der Waals surface area contributed by atoms with Crippen LogP contribution >= 0.6 is 0 Å². The first-order valence-corrected chi connectivity index (χ1v) is 6.56. The van der Waals surface area contributed by atoms with Gasteiger partial charge in [-0.3, -0.25) is 14.4 Å². The number of hydrogen-bond acceptors (Lipinski definition) is 3. The van der Waals surface area contributed by atoms with Gasteiger partial charge in [0.15, 0.2) is 0 Å². The van der Waals surface area contributed by atoms with Gasteiger partial charge in [-0.1, -0.05) is 20.8 Å². The number of amides is 1. The minimum absolute atomic E-state index is 0.0535. The number of carbonyl (C=O) groups excluding carboxylic acids is 1. The first kappa shape index (κ1) is 17.4. The fourth-order valence-electron chi connectivity index (χ4n) is 1.83. The normalized spacial score (nSPS) is 12.2. The Labute approximate surface area is 113 Å². The molecule has 0 aromatic heterocycles. The van der Waals surface area contributed by atoms with Crippen molar-refractivity contribution in [3.8, 4) is 0 Å². The summed E-state index contributed by atoms with van der Waals surface area (Å²) >= 11 is 0. The van der Waals surface area contributed by atoms with Crippen molar-refractivity contribution < 1.29 is 24.6 Å². The molecule has 6 heteroatoms. The number of hydrogen-bond donors (Lipinski definition) is 2. The highest BCUT2D eigenvalue weighted by atomic mass is 16.4. The second kappa shape index (κ2) is 8.50. The van der Waals surface area contributed by atoms with Crippen LogP contribution in [0.15, 0.2) is 0 Å². The van der Waals surface area contributed by atoms with Gasteiger partial charge in [-0.15, -0.1) is 0 Å². The van der Waals surface area contributed by atoms with Gasteiger partial charge >= 0.3 is 11.9 Å². The Balaban J connectivity index is 4.78. The van der Waals surface area contributed by atoms with Gasteiger partial charge in [-0.25, -0.2) is 0 Å². The van der Waals surface area contributed by atoms with E-state index in [1.165, 1.54) is 11.8 Å². The van der Waals surface area contributed by atoms with Gasteiger partial charge in [0, 0.05) is 19.0 Å². The van der Waals surface area contributed by atoms with Gasteiger partial charge in [0.1, 0.15) is 0 Å². The van der Waals surface area contributed by atoms with E-state index >= 15 is 0 Å². The van der Waals surface area contributed by atoms with Gasteiger partial charge in [-0.05, 0) is 12.8 Å². The number of nitrogens with zero attached hydrogens (tertiary/aromatic N) is 1. The van der Waals surface area contributed by atoms with E-state index in [1.54, 1.807) is 0 Å². The Morgan fingerprint density at radius 1 is 1.11 bits per heavy atom. The molecule has 6 nitrogen and oxygen atoms in total. The van der Waals surface area contributed by atoms with E-state index in [9.17, 15) is 14.4 Å². The summed E-state index contributed by atoms with van der Waals surface area (Å²) in [6.45, 7) is 5.40. The third-order valence-electron chi connectivity index (χ3n) is 3.16. The van der Waals surface area contributed by atoms with Crippen LogP contribution in [0.1, 0.15) is 40.0 Å². The molecule has 2 N–H and O–H groups in total. The van der Waals surface area contributed by atoms with E-state index in [2.05, 4.69) is 0 Å². The minimum atomic E-state index is -0.995. The molecular formula is C13H23NO5. The van der Waals surface area contributed by atoms with Crippen molar-refractivity contribution in [2.45, 2.75) is 40.0 Å². The predicted octanol–water partition coefficient (Wildman–Crippen LogP) is 1.45. The van der Waals surface area contributed by atoms with Crippen molar-refractivity contribution in [1.82, 2.24) is 4.90 Å². The van der Waals surface area contributed by atoms with Gasteiger partial charge in [-0.2, -0.15) is 0 Å². The van der Waals surface area contributed by atoms with Crippen molar-refractivity contribution in [1.29, 1.82) is 0 Å². The molecule has 110 valence electrons. The third-order valence-corrected chi connectivity index (χ3v) is 3.16. The maximum absolute atomic E-state index is 12.2. The van der Waals surface area contributed by atoms with Crippen LogP contribution < -0.4 is 0 Å². The molecule has 1 atom stereocenters. The third kappa shape index (κ3) is 6.22. The van der Waals surface area contributed by atoms with Gasteiger partial charge in [0.2, 0.25) is 5.91 Å². The summed E-state index contributed by atoms with van der Waals surface area (Å²) < 4.78 is 0. The lowest BCUT2D eigenvalue weighted by molar-refractivity contribution is -0.144. The van der Waals surface area contributed by atoms with E-state index in [0.29, 0.717) is 12.8 Å². The molecule has 0 aliphatic rings. The van der Waals surface area contributed by atoms with E-state index in [0.717, 1.165) is 0 Å². The molecule has 1 unspecified atom stereocenters. The van der Waals surface area contributed by atoms with Gasteiger partial charge < -0.3 is 15.1 Å². The zero-order chi connectivity index (χ0) is 15.0. The zero-order valence-electron chi connectivity index (χ0n) is 11.8. The summed E-state index contributed by atoms with van der Waals surface area (Å²) in [4.78, 5) is 35.0. The standard InChI is InChI=1S/C13H23NO5/c1-4-10(5-2)12(17)14(7-6-11(15)16)8-9(3)13(18)19/h9-10H,4-8H2,1-3H3,(H,15,16)(H,18,19). The topological polar surface area (TPSA) is 94.9 Å². The summed E-state index contributed by atoms with van der Waals surface area (Å²) in [6.07, 6.45) is 1.17. The highest BCUT2D eigenvalue weighted by Crippen LogP contribution is 2.14. The van der Waals surface area contributed by atoms with Crippen molar-refractivity contribution in [3.05, 3.63) is 0 Å². The minimum Gasteiger partial charge on any atom is -0.481 e. The van der Waals surface area contributed by atoms with Crippen LogP contribution in [0.5, 0.6) is 0 Å². The van der Waals surface area contributed by atoms with Gasteiger partial charge in [0.25, 0.3) is 0 Å². The highest BCUT2D eigenvalue weighted by Gasteiger charge is 2.25. The second-order valence-corrected chi connectivity index (χ2v) is 4.68. The van der Waals surface area contributed by atoms with Crippen molar-refractivity contribution in [2.75, 3.05) is 13.1 Å². The van der Waals surface area contributed by atoms with Crippen molar-refractivity contribution >= 4 is 17.8 Å². The van der Waals surface area contributed by atoms with Crippen LogP contribution in [0.4, 0.5) is 0 Å². The highest BCUT2D eigenvalue weighted by molar-refractivity contribution is 5.80. The van der Waals surface area contributed by atoms with Gasteiger partial charge in [0.05, 0.1) is 12.3 Å². The SMILES string of the molecule is CCC(CC)C(=O)N(CCC(=O)O)CC(C)C(=O)O. The summed E-state index contributed by atoms with van der Waals surface area (Å²) in [6, 6.07) is 0. The largest absolute Gasteiger partial charge is 0.481 e. The van der Waals surface area contributed by atoms with Crippen LogP contribution in [-0.4, -0.2) is 46.0 Å². The summed E-state index contributed by atoms with van der Waals surface area (Å²) in [7, 11) is 0. The summed E-state index contributed by atoms with van der Waals surface area (Å²) in [5, 5.41) is 17.6. The Morgan fingerprint density at radius 2 is 1.63 bits per heavy atom. The molecule has 0 aromatic carbocycles. The number of carbonyl (C=O) groups is 3. The maximum atomic E-state index is 12.2. The van der Waals surface area contributed by atoms with Crippen molar-refractivity contribution in [3.63, 3.8) is 0 Å². The lowest BCUT2D eigenvalue weighted by Crippen LogP contribution is -2.41. The zero-order valence-corrected chi connectivity index (χ0v) is 11.8. The fourth-order valence-corrected chi connectivity index (χ4v) is 1.83. The Kier molecular flexibility index (Phi) is 7.79. The molecule has 0 bridgehead atoms. The Hall–Kier alpha value is -1.59. The molecule has 19 heavy (non-hydrogen) atoms. The average Bonchev–Trinajstić information content (AvgIpc) is 2.34. The first-order chi connectivity index (χ1) is 8.83. The van der Waals surface area contributed by atoms with E-state index in [-0.39, 0.29) is 31.3 Å². The van der Waals surface area contributed by atoms with Crippen LogP contribution in [0.2, 0.25) is 0 Å². The predicted molar refractivity (Wildman–Crippen MR) is 69.7 cm³/mol. The lowest BCUT2D eigenvalue weighted by Gasteiger charge is -2.27. The van der Waals surface area contributed by atoms with E-state index < -0.39 is 17.9 Å². The molecule has 0 rings (SSSR count). The molecule has 0 aromatic rings. The molecule has 0 radical (unpaired) electrons. The molecule has 0 aliphatic carbocycles. The van der Waals surface area contributed by atoms with Crippen LogP contribution in [0.25, 0.3) is 0 Å². The van der Waals surface area contributed by atoms with E-state index in [1.807, 2.05) is 13.8 Å². The van der Waals surface area contributed by atoms with Crippen LogP contribution in [0, 0.1) is 11.8 Å². The molecule has 0 heterocycles. The fraction of sp³-hybridized carbons (Fsp3) is 0.769. The monoisotopic (exact) mass is 273 g/mol. The maximum Gasteiger partial charge on any atom is 0.308 e. The molecule has 1 amide bonds. The number of carboxylic acid groups (broad SMARTS) is 2. The summed E-state index contributed by atoms with van der Waals surface area (Å²) in [5.41, 5.74) is 0. The number of carboxylic acids is 2. The Bertz CT molecular complexity index is 325. The molecule has 0 saturated heterocycles. The van der Waals surface area contributed by atoms with Crippen LogP contribution in [-0.2, 0) is 14.4 Å². The smallest absolute Gasteiger partial charge is 0.308 e. The van der Waals surface area contributed by atoms with Crippen molar-refractivity contribution in [2.24, 2.45) is 11.8 Å². The second-order valence-electron chi connectivity index (χ2n) is 4.68. The molecule has 0 fully saturated rings. The Morgan fingerprint density at radius 3 is 2.00 bits per heavy atom. The summed E-state index contributed by atoms with van der Waals surface area (Å²) in [5.74, 6) is -3.01. The van der Waals surface area contributed by atoms with E-state index in [4.69, 9.17) is 10.2 Å². The number of aliphatic carboxylic acids is 2.